The molecule has 3 fully saturated rings. The largest absolute Gasteiger partial charge is 0.394 e. The first kappa shape index (κ1) is 77.5. The Hall–Kier alpha value is -2.77. The zero-order chi connectivity index (χ0) is 62.6. The molecule has 17 atom stereocenters. The standard InChI is InChI=1S/C67H117NO18/c1-3-5-7-9-11-13-15-17-19-20-21-22-23-24-25-26-27-28-29-30-31-33-35-37-39-41-43-45-55(73)68-50(51(72)44-42-40-38-36-34-32-18-16-14-12-10-8-6-4-2)49-81-65-61(79)58(76)63(53(47-70)83-65)86-67-62(80)59(77)64(54(48-71)84-67)85-66-60(78)57(75)56(74)52(46-69)82-66/h5,7,11,13,17,19,21-22,24-25,27-28,50-54,56-67,69-72,74-80H,3-4,6,8-10,12,14-16,18,20,23,26,29-49H2,1-2H3,(H,68,73)/b7-5-,13-11-,19-17-,22-21-,25-24-,28-27-. The molecular weight excluding hydrogens is 1110 g/mol. The van der Waals surface area contributed by atoms with Crippen LogP contribution in [0.25, 0.3) is 0 Å². The van der Waals surface area contributed by atoms with Gasteiger partial charge in [0, 0.05) is 6.42 Å². The monoisotopic (exact) mass is 1220 g/mol. The van der Waals surface area contributed by atoms with Crippen LogP contribution in [-0.2, 0) is 33.2 Å². The van der Waals surface area contributed by atoms with Gasteiger partial charge >= 0.3 is 0 Å². The number of hydrogen-bond acceptors (Lipinski definition) is 18. The molecule has 19 heteroatoms. The first-order chi connectivity index (χ1) is 41.8. The Morgan fingerprint density at radius 2 is 0.802 bits per heavy atom. The number of aliphatic hydroxyl groups is 11. The van der Waals surface area contributed by atoms with Gasteiger partial charge in [0.05, 0.1) is 38.6 Å². The van der Waals surface area contributed by atoms with Crippen LogP contribution < -0.4 is 5.32 Å². The lowest BCUT2D eigenvalue weighted by molar-refractivity contribution is -0.379. The summed E-state index contributed by atoms with van der Waals surface area (Å²) in [6, 6.07) is -0.896. The van der Waals surface area contributed by atoms with Gasteiger partial charge in [0.2, 0.25) is 5.91 Å². The lowest BCUT2D eigenvalue weighted by Crippen LogP contribution is -2.66. The van der Waals surface area contributed by atoms with E-state index in [9.17, 15) is 61.0 Å². The number of unbranched alkanes of at least 4 members (excludes halogenated alkanes) is 21. The first-order valence-corrected chi connectivity index (χ1v) is 33.2. The van der Waals surface area contributed by atoms with E-state index in [0.29, 0.717) is 12.8 Å². The van der Waals surface area contributed by atoms with Gasteiger partial charge < -0.3 is 89.9 Å². The number of nitrogens with one attached hydrogen (secondary N) is 1. The number of carbonyl (C=O) groups is 1. The molecule has 0 aromatic carbocycles. The molecule has 19 nitrogen and oxygen atoms in total. The van der Waals surface area contributed by atoms with Crippen LogP contribution in [0.3, 0.4) is 0 Å². The van der Waals surface area contributed by atoms with Gasteiger partial charge in [0.1, 0.15) is 73.2 Å². The molecule has 3 saturated heterocycles. The van der Waals surface area contributed by atoms with E-state index >= 15 is 0 Å². The minimum atomic E-state index is -1.98. The molecule has 86 heavy (non-hydrogen) atoms. The van der Waals surface area contributed by atoms with E-state index in [1.165, 1.54) is 83.5 Å². The third-order valence-electron chi connectivity index (χ3n) is 16.3. The van der Waals surface area contributed by atoms with Gasteiger partial charge in [-0.1, -0.05) is 215 Å². The highest BCUT2D eigenvalue weighted by molar-refractivity contribution is 5.76. The van der Waals surface area contributed by atoms with Gasteiger partial charge in [0.15, 0.2) is 18.9 Å². The Bertz CT molecular complexity index is 1850. The molecule has 1 amide bonds. The summed E-state index contributed by atoms with van der Waals surface area (Å²) >= 11 is 0. The van der Waals surface area contributed by atoms with Crippen LogP contribution in [-0.4, -0.2) is 193 Å². The second kappa shape index (κ2) is 49.0. The predicted octanol–water partition coefficient (Wildman–Crippen LogP) is 7.77. The maximum absolute atomic E-state index is 13.4. The number of aliphatic hydroxyl groups excluding tert-OH is 11. The van der Waals surface area contributed by atoms with Crippen molar-refractivity contribution >= 4 is 5.91 Å². The maximum atomic E-state index is 13.4. The molecule has 0 aromatic heterocycles. The Labute approximate surface area is 515 Å². The molecule has 0 saturated carbocycles. The van der Waals surface area contributed by atoms with E-state index in [-0.39, 0.29) is 18.9 Å². The van der Waals surface area contributed by atoms with E-state index in [0.717, 1.165) is 96.3 Å². The van der Waals surface area contributed by atoms with Gasteiger partial charge in [-0.3, -0.25) is 4.79 Å². The molecule has 17 unspecified atom stereocenters. The Morgan fingerprint density at radius 3 is 1.26 bits per heavy atom. The minimum absolute atomic E-state index is 0.252. The maximum Gasteiger partial charge on any atom is 0.220 e. The van der Waals surface area contributed by atoms with E-state index in [1.54, 1.807) is 0 Å². The zero-order valence-electron chi connectivity index (χ0n) is 52.3. The van der Waals surface area contributed by atoms with Crippen LogP contribution in [0, 0.1) is 0 Å². The summed E-state index contributed by atoms with van der Waals surface area (Å²) < 4.78 is 34.4. The lowest BCUT2D eigenvalue weighted by atomic mass is 9.96. The quantitative estimate of drug-likeness (QED) is 0.0204. The number of hydrogen-bond donors (Lipinski definition) is 12. The van der Waals surface area contributed by atoms with E-state index in [4.69, 9.17) is 28.4 Å². The second-order valence-electron chi connectivity index (χ2n) is 23.6. The number of ether oxygens (including phenoxy) is 6. The van der Waals surface area contributed by atoms with Crippen molar-refractivity contribution in [1.82, 2.24) is 5.32 Å². The first-order valence-electron chi connectivity index (χ1n) is 33.2. The summed E-state index contributed by atoms with van der Waals surface area (Å²) in [6.45, 7) is 1.66. The zero-order valence-corrected chi connectivity index (χ0v) is 52.3. The average Bonchev–Trinajstić information content (AvgIpc) is 1.96. The number of amides is 1. The molecule has 3 aliphatic rings. The van der Waals surface area contributed by atoms with Crippen molar-refractivity contribution in [3.63, 3.8) is 0 Å². The number of rotatable bonds is 49. The molecule has 0 aliphatic carbocycles. The Balaban J connectivity index is 1.43. The van der Waals surface area contributed by atoms with Crippen molar-refractivity contribution in [1.29, 1.82) is 0 Å². The van der Waals surface area contributed by atoms with Gasteiger partial charge in [-0.15, -0.1) is 0 Å². The minimum Gasteiger partial charge on any atom is -0.394 e. The average molecular weight is 1220 g/mol. The SMILES string of the molecule is CC/C=C\C/C=C\C/C=C\C/C=C\C/C=C\C/C=C\CCCCCCCCCCC(=O)NC(COC1OC(CO)C(OC2OC(CO)C(OC3OC(CO)C(O)C(O)C3O)C(O)C2O)C(O)C1O)C(O)CCCCCCCCCCCCCCCC. The van der Waals surface area contributed by atoms with Crippen molar-refractivity contribution < 1.29 is 89.4 Å². The van der Waals surface area contributed by atoms with E-state index in [1.807, 2.05) is 0 Å². The lowest BCUT2D eigenvalue weighted by Gasteiger charge is -2.48. The summed E-state index contributed by atoms with van der Waals surface area (Å²) in [5.41, 5.74) is 0. The molecule has 498 valence electrons. The van der Waals surface area contributed by atoms with Crippen molar-refractivity contribution in [2.75, 3.05) is 26.4 Å². The molecule has 0 radical (unpaired) electrons. The number of carbonyl (C=O) groups excluding carboxylic acids is 1. The van der Waals surface area contributed by atoms with Crippen LogP contribution in [0.4, 0.5) is 0 Å². The highest BCUT2D eigenvalue weighted by atomic mass is 16.8. The van der Waals surface area contributed by atoms with Crippen molar-refractivity contribution in [3.05, 3.63) is 72.9 Å². The van der Waals surface area contributed by atoms with Crippen LogP contribution in [0.2, 0.25) is 0 Å². The van der Waals surface area contributed by atoms with E-state index < -0.39 is 124 Å². The smallest absolute Gasteiger partial charge is 0.220 e. The summed E-state index contributed by atoms with van der Waals surface area (Å²) in [7, 11) is 0. The van der Waals surface area contributed by atoms with Crippen LogP contribution in [0.5, 0.6) is 0 Å². The normalized spacial score (nSPS) is 29.2. The molecular formula is C67H117NO18. The van der Waals surface area contributed by atoms with Gasteiger partial charge in [0.25, 0.3) is 0 Å². The van der Waals surface area contributed by atoms with Crippen molar-refractivity contribution in [3.8, 4) is 0 Å². The van der Waals surface area contributed by atoms with Crippen molar-refractivity contribution in [2.24, 2.45) is 0 Å². The third-order valence-corrected chi connectivity index (χ3v) is 16.3. The molecule has 12 N–H and O–H groups in total. The molecule has 3 rings (SSSR count). The third kappa shape index (κ3) is 31.3. The predicted molar refractivity (Wildman–Crippen MR) is 332 cm³/mol. The van der Waals surface area contributed by atoms with Gasteiger partial charge in [-0.2, -0.15) is 0 Å². The molecule has 0 spiro atoms. The second-order valence-corrected chi connectivity index (χ2v) is 23.6. The summed E-state index contributed by atoms with van der Waals surface area (Å²) in [5.74, 6) is -0.255. The topological polar surface area (TPSA) is 307 Å². The van der Waals surface area contributed by atoms with E-state index in [2.05, 4.69) is 92.1 Å². The van der Waals surface area contributed by atoms with Crippen LogP contribution in [0.15, 0.2) is 72.9 Å². The molecule has 0 bridgehead atoms. The molecule has 0 aromatic rings. The Kier molecular flexibility index (Phi) is 44.1. The summed E-state index contributed by atoms with van der Waals surface area (Å²) in [4.78, 5) is 13.4. The molecule has 3 heterocycles. The van der Waals surface area contributed by atoms with Crippen LogP contribution >= 0.6 is 0 Å². The Morgan fingerprint density at radius 1 is 0.430 bits per heavy atom. The van der Waals surface area contributed by atoms with Crippen LogP contribution in [0.1, 0.15) is 213 Å². The summed E-state index contributed by atoms with van der Waals surface area (Å²) in [6.07, 6.45) is 32.6. The van der Waals surface area contributed by atoms with Crippen molar-refractivity contribution in [2.45, 2.75) is 317 Å². The highest BCUT2D eigenvalue weighted by Crippen LogP contribution is 2.33. The molecule has 3 aliphatic heterocycles. The fourth-order valence-electron chi connectivity index (χ4n) is 10.9. The van der Waals surface area contributed by atoms with Gasteiger partial charge in [-0.05, 0) is 64.2 Å². The number of allylic oxidation sites excluding steroid dienone is 12. The summed E-state index contributed by atoms with van der Waals surface area (Å²) in [5, 5.41) is 120. The highest BCUT2D eigenvalue weighted by Gasteiger charge is 2.53. The van der Waals surface area contributed by atoms with Gasteiger partial charge in [-0.25, -0.2) is 0 Å². The fourth-order valence-corrected chi connectivity index (χ4v) is 10.9. The fraction of sp³-hybridized carbons (Fsp3) is 0.806.